The van der Waals surface area contributed by atoms with Gasteiger partial charge in [0.1, 0.15) is 0 Å². The van der Waals surface area contributed by atoms with Crippen LogP contribution in [-0.2, 0) is 14.9 Å². The Labute approximate surface area is 110 Å². The second kappa shape index (κ2) is 3.99. The predicted molar refractivity (Wildman–Crippen MR) is 69.2 cm³/mol. The number of halogens is 1. The third kappa shape index (κ3) is 1.60. The Morgan fingerprint density at radius 1 is 1.39 bits per heavy atom. The van der Waals surface area contributed by atoms with E-state index in [0.717, 1.165) is 5.56 Å². The molecule has 0 radical (unpaired) electrons. The van der Waals surface area contributed by atoms with Crippen molar-refractivity contribution in [3.8, 4) is 0 Å². The summed E-state index contributed by atoms with van der Waals surface area (Å²) in [6.07, 6.45) is 0. The lowest BCUT2D eigenvalue weighted by Gasteiger charge is -2.16. The van der Waals surface area contributed by atoms with Crippen LogP contribution >= 0.6 is 11.6 Å². The van der Waals surface area contributed by atoms with Crippen LogP contribution in [0.3, 0.4) is 0 Å². The Kier molecular flexibility index (Phi) is 2.86. The molecule has 1 aromatic rings. The Morgan fingerprint density at radius 3 is 2.56 bits per heavy atom. The van der Waals surface area contributed by atoms with Gasteiger partial charge in [-0.05, 0) is 31.5 Å². The van der Waals surface area contributed by atoms with Crippen LogP contribution in [-0.4, -0.2) is 26.0 Å². The maximum atomic E-state index is 12.1. The van der Waals surface area contributed by atoms with Gasteiger partial charge in [-0.15, -0.1) is 0 Å². The molecule has 0 N–H and O–H groups in total. The molecule has 2 rings (SSSR count). The first-order valence-electron chi connectivity index (χ1n) is 5.51. The lowest BCUT2D eigenvalue weighted by molar-refractivity contribution is -0.121. The largest absolute Gasteiger partial charge is 0.465 e. The fraction of sp³-hybridized carbons (Fsp3) is 0.385. The standard InChI is InChI=1S/C13H14ClNO3/c1-13(2)8-6-9(14)7(11(16)18-4)5-10(8)15(3)12(13)17/h5-6H,1-4H3. The molecule has 1 aromatic carbocycles. The van der Waals surface area contributed by atoms with Crippen LogP contribution in [0.25, 0.3) is 0 Å². The number of amides is 1. The molecule has 1 aliphatic rings. The van der Waals surface area contributed by atoms with Crippen molar-refractivity contribution in [3.05, 3.63) is 28.3 Å². The van der Waals surface area contributed by atoms with Crippen molar-refractivity contribution in [1.29, 1.82) is 0 Å². The lowest BCUT2D eigenvalue weighted by Crippen LogP contribution is -2.33. The number of likely N-dealkylation sites (N-methyl/N-ethyl adjacent to an activating group) is 1. The summed E-state index contributed by atoms with van der Waals surface area (Å²) in [4.78, 5) is 25.2. The van der Waals surface area contributed by atoms with Gasteiger partial charge in [-0.2, -0.15) is 0 Å². The van der Waals surface area contributed by atoms with Crippen LogP contribution < -0.4 is 4.90 Å². The summed E-state index contributed by atoms with van der Waals surface area (Å²) < 4.78 is 4.66. The number of carbonyl (C=O) groups excluding carboxylic acids is 2. The van der Waals surface area contributed by atoms with Gasteiger partial charge < -0.3 is 9.64 Å². The van der Waals surface area contributed by atoms with E-state index in [1.54, 1.807) is 19.2 Å². The zero-order valence-corrected chi connectivity index (χ0v) is 11.5. The summed E-state index contributed by atoms with van der Waals surface area (Å²) >= 11 is 6.07. The van der Waals surface area contributed by atoms with Gasteiger partial charge in [0.05, 0.1) is 23.1 Å². The minimum absolute atomic E-state index is 0.0180. The summed E-state index contributed by atoms with van der Waals surface area (Å²) in [5, 5.41) is 0.303. The second-order valence-electron chi connectivity index (χ2n) is 4.83. The van der Waals surface area contributed by atoms with Gasteiger partial charge in [0.25, 0.3) is 0 Å². The highest BCUT2D eigenvalue weighted by Crippen LogP contribution is 2.43. The molecule has 0 saturated heterocycles. The van der Waals surface area contributed by atoms with Gasteiger partial charge in [-0.25, -0.2) is 4.79 Å². The first-order valence-corrected chi connectivity index (χ1v) is 5.89. The first-order chi connectivity index (χ1) is 8.30. The summed E-state index contributed by atoms with van der Waals surface area (Å²) in [7, 11) is 2.98. The van der Waals surface area contributed by atoms with E-state index in [1.807, 2.05) is 13.8 Å². The van der Waals surface area contributed by atoms with E-state index in [0.29, 0.717) is 10.7 Å². The van der Waals surface area contributed by atoms with Crippen molar-refractivity contribution in [3.63, 3.8) is 0 Å². The molecular formula is C13H14ClNO3. The fourth-order valence-corrected chi connectivity index (χ4v) is 2.49. The molecule has 1 aliphatic heterocycles. The van der Waals surface area contributed by atoms with Crippen molar-refractivity contribution in [1.82, 2.24) is 0 Å². The smallest absolute Gasteiger partial charge is 0.339 e. The topological polar surface area (TPSA) is 46.6 Å². The van der Waals surface area contributed by atoms with E-state index in [2.05, 4.69) is 4.74 Å². The minimum atomic E-state index is -0.623. The molecule has 4 nitrogen and oxygen atoms in total. The zero-order valence-electron chi connectivity index (χ0n) is 10.7. The molecular weight excluding hydrogens is 254 g/mol. The monoisotopic (exact) mass is 267 g/mol. The molecule has 0 aliphatic carbocycles. The molecule has 0 spiro atoms. The summed E-state index contributed by atoms with van der Waals surface area (Å²) in [6.45, 7) is 3.68. The normalized spacial score (nSPS) is 16.7. The number of ether oxygens (including phenoxy) is 1. The number of esters is 1. The molecule has 1 amide bonds. The molecule has 0 saturated carbocycles. The van der Waals surface area contributed by atoms with Crippen molar-refractivity contribution in [2.75, 3.05) is 19.1 Å². The van der Waals surface area contributed by atoms with Crippen molar-refractivity contribution in [2.24, 2.45) is 0 Å². The third-order valence-electron chi connectivity index (χ3n) is 3.36. The van der Waals surface area contributed by atoms with Crippen molar-refractivity contribution in [2.45, 2.75) is 19.3 Å². The second-order valence-corrected chi connectivity index (χ2v) is 5.24. The summed E-state index contributed by atoms with van der Waals surface area (Å²) in [5.41, 5.74) is 1.18. The Hall–Kier alpha value is -1.55. The summed E-state index contributed by atoms with van der Waals surface area (Å²) in [6, 6.07) is 3.28. The Bertz CT molecular complexity index is 551. The van der Waals surface area contributed by atoms with Gasteiger partial charge in [0.2, 0.25) is 5.91 Å². The Balaban J connectivity index is 2.66. The maximum absolute atomic E-state index is 12.1. The van der Waals surface area contributed by atoms with E-state index < -0.39 is 11.4 Å². The van der Waals surface area contributed by atoms with E-state index in [-0.39, 0.29) is 11.5 Å². The number of nitrogens with zero attached hydrogens (tertiary/aromatic N) is 1. The number of rotatable bonds is 1. The number of carbonyl (C=O) groups is 2. The molecule has 0 aromatic heterocycles. The molecule has 0 fully saturated rings. The van der Waals surface area contributed by atoms with Gasteiger partial charge in [-0.1, -0.05) is 11.6 Å². The number of hydrogen-bond donors (Lipinski definition) is 0. The maximum Gasteiger partial charge on any atom is 0.339 e. The number of benzene rings is 1. The van der Waals surface area contributed by atoms with Crippen molar-refractivity contribution < 1.29 is 14.3 Å². The van der Waals surface area contributed by atoms with Crippen LogP contribution in [0.4, 0.5) is 5.69 Å². The third-order valence-corrected chi connectivity index (χ3v) is 3.68. The SMILES string of the molecule is COC(=O)c1cc2c(cc1Cl)C(C)(C)C(=O)N2C. The fourth-order valence-electron chi connectivity index (χ4n) is 2.25. The average Bonchev–Trinajstić information content (AvgIpc) is 2.49. The van der Waals surface area contributed by atoms with E-state index in [1.165, 1.54) is 12.0 Å². The Morgan fingerprint density at radius 2 is 2.00 bits per heavy atom. The van der Waals surface area contributed by atoms with Gasteiger partial charge in [0, 0.05) is 12.7 Å². The van der Waals surface area contributed by atoms with E-state index >= 15 is 0 Å². The molecule has 5 heteroatoms. The number of methoxy groups -OCH3 is 1. The van der Waals surface area contributed by atoms with Gasteiger partial charge >= 0.3 is 5.97 Å². The van der Waals surface area contributed by atoms with Crippen LogP contribution in [0.5, 0.6) is 0 Å². The highest BCUT2D eigenvalue weighted by molar-refractivity contribution is 6.34. The van der Waals surface area contributed by atoms with Crippen molar-refractivity contribution >= 4 is 29.2 Å². The molecule has 96 valence electrons. The highest BCUT2D eigenvalue weighted by atomic mass is 35.5. The van der Waals surface area contributed by atoms with E-state index in [4.69, 9.17) is 11.6 Å². The average molecular weight is 268 g/mol. The zero-order chi connectivity index (χ0) is 13.7. The number of fused-ring (bicyclic) bond motifs is 1. The molecule has 0 unspecified atom stereocenters. The summed E-state index contributed by atoms with van der Waals surface area (Å²) in [5.74, 6) is -0.524. The predicted octanol–water partition coefficient (Wildman–Crippen LogP) is 2.38. The quantitative estimate of drug-likeness (QED) is 0.734. The van der Waals surface area contributed by atoms with Gasteiger partial charge in [-0.3, -0.25) is 4.79 Å². The first kappa shape index (κ1) is 12.9. The lowest BCUT2D eigenvalue weighted by atomic mass is 9.86. The number of hydrogen-bond acceptors (Lipinski definition) is 3. The van der Waals surface area contributed by atoms with Gasteiger partial charge in [0.15, 0.2) is 0 Å². The van der Waals surface area contributed by atoms with Crippen LogP contribution in [0, 0.1) is 0 Å². The number of anilines is 1. The minimum Gasteiger partial charge on any atom is -0.465 e. The van der Waals surface area contributed by atoms with Crippen LogP contribution in [0.2, 0.25) is 5.02 Å². The molecule has 1 heterocycles. The highest BCUT2D eigenvalue weighted by Gasteiger charge is 2.43. The van der Waals surface area contributed by atoms with Crippen LogP contribution in [0.1, 0.15) is 29.8 Å². The van der Waals surface area contributed by atoms with E-state index in [9.17, 15) is 9.59 Å². The van der Waals surface area contributed by atoms with Crippen LogP contribution in [0.15, 0.2) is 12.1 Å². The molecule has 0 bridgehead atoms. The molecule has 18 heavy (non-hydrogen) atoms. The molecule has 0 atom stereocenters.